The van der Waals surface area contributed by atoms with Gasteiger partial charge in [-0.05, 0) is 29.8 Å². The highest BCUT2D eigenvalue weighted by atomic mass is 32.1. The highest BCUT2D eigenvalue weighted by Crippen LogP contribution is 2.31. The van der Waals surface area contributed by atoms with Crippen LogP contribution in [0.3, 0.4) is 0 Å². The van der Waals surface area contributed by atoms with E-state index in [9.17, 15) is 4.79 Å². The molecule has 0 unspecified atom stereocenters. The number of anilines is 1. The maximum atomic E-state index is 12.7. The lowest BCUT2D eigenvalue weighted by Gasteiger charge is -2.11. The van der Waals surface area contributed by atoms with E-state index >= 15 is 0 Å². The molecule has 2 aromatic carbocycles. The summed E-state index contributed by atoms with van der Waals surface area (Å²) in [5.41, 5.74) is 1.29. The number of aromatic nitrogens is 2. The van der Waals surface area contributed by atoms with E-state index < -0.39 is 0 Å². The number of amides is 1. The first kappa shape index (κ1) is 20.4. The Morgan fingerprint density at radius 3 is 2.17 bits per heavy atom. The quantitative estimate of drug-likeness (QED) is 0.603. The monoisotopic (exact) mass is 415 g/mol. The molecule has 1 amide bonds. The third kappa shape index (κ3) is 4.57. The maximum Gasteiger partial charge on any atom is 0.265 e. The van der Waals surface area contributed by atoms with Crippen LogP contribution in [0.5, 0.6) is 23.0 Å². The average molecular weight is 415 g/mol. The Hall–Kier alpha value is -3.33. The first-order valence-electron chi connectivity index (χ1n) is 8.65. The van der Waals surface area contributed by atoms with Gasteiger partial charge >= 0.3 is 0 Å². The van der Waals surface area contributed by atoms with Crippen molar-refractivity contribution in [3.05, 3.63) is 52.5 Å². The molecule has 0 aliphatic heterocycles. The van der Waals surface area contributed by atoms with Crippen LogP contribution in [0, 0.1) is 0 Å². The molecule has 3 aromatic rings. The third-order valence-corrected chi connectivity index (χ3v) is 4.98. The number of carbonyl (C=O) groups is 1. The predicted molar refractivity (Wildman–Crippen MR) is 110 cm³/mol. The molecular formula is C20H21N3O5S. The zero-order valence-electron chi connectivity index (χ0n) is 16.5. The third-order valence-electron chi connectivity index (χ3n) is 4.15. The van der Waals surface area contributed by atoms with E-state index in [0.29, 0.717) is 40.1 Å². The average Bonchev–Trinajstić information content (AvgIpc) is 3.19. The topological polar surface area (TPSA) is 91.8 Å². The zero-order valence-corrected chi connectivity index (χ0v) is 17.3. The highest BCUT2D eigenvalue weighted by Gasteiger charge is 2.20. The predicted octanol–water partition coefficient (Wildman–Crippen LogP) is 3.42. The Labute approximate surface area is 172 Å². The molecule has 8 nitrogen and oxygen atoms in total. The van der Waals surface area contributed by atoms with Crippen molar-refractivity contribution < 1.29 is 23.7 Å². The number of nitrogens with one attached hydrogen (secondary N) is 1. The number of hydrogen-bond acceptors (Lipinski definition) is 8. The van der Waals surface area contributed by atoms with E-state index in [2.05, 4.69) is 15.5 Å². The van der Waals surface area contributed by atoms with Crippen LogP contribution in [0.25, 0.3) is 0 Å². The second kappa shape index (κ2) is 9.24. The van der Waals surface area contributed by atoms with Crippen LogP contribution < -0.4 is 24.3 Å². The summed E-state index contributed by atoms with van der Waals surface area (Å²) in [5.74, 6) is 1.75. The van der Waals surface area contributed by atoms with E-state index in [1.807, 2.05) is 18.2 Å². The summed E-state index contributed by atoms with van der Waals surface area (Å²) in [6, 6.07) is 10.8. The Bertz CT molecular complexity index is 983. The van der Waals surface area contributed by atoms with E-state index in [0.717, 1.165) is 10.6 Å². The van der Waals surface area contributed by atoms with Gasteiger partial charge < -0.3 is 18.9 Å². The fourth-order valence-corrected chi connectivity index (χ4v) is 3.54. The molecule has 0 aliphatic carbocycles. The normalized spacial score (nSPS) is 10.3. The van der Waals surface area contributed by atoms with E-state index in [1.54, 1.807) is 32.4 Å². The van der Waals surface area contributed by atoms with Crippen LogP contribution in [-0.2, 0) is 6.42 Å². The van der Waals surface area contributed by atoms with Crippen LogP contribution in [0.1, 0.15) is 20.9 Å². The van der Waals surface area contributed by atoms with Crippen molar-refractivity contribution in [3.8, 4) is 23.0 Å². The Morgan fingerprint density at radius 1 is 0.897 bits per heavy atom. The summed E-state index contributed by atoms with van der Waals surface area (Å²) in [7, 11) is 6.18. The minimum Gasteiger partial charge on any atom is -0.496 e. The molecule has 0 spiro atoms. The van der Waals surface area contributed by atoms with Crippen molar-refractivity contribution in [2.45, 2.75) is 6.42 Å². The minimum absolute atomic E-state index is 0.300. The van der Waals surface area contributed by atoms with Gasteiger partial charge in [0.2, 0.25) is 5.13 Å². The van der Waals surface area contributed by atoms with Crippen molar-refractivity contribution >= 4 is 22.4 Å². The number of ether oxygens (including phenoxy) is 4. The lowest BCUT2D eigenvalue weighted by Crippen LogP contribution is -2.14. The van der Waals surface area contributed by atoms with Gasteiger partial charge in [-0.3, -0.25) is 10.1 Å². The molecule has 0 saturated carbocycles. The van der Waals surface area contributed by atoms with Crippen LogP contribution in [-0.4, -0.2) is 44.5 Å². The number of nitrogens with zero attached hydrogens (tertiary/aromatic N) is 2. The number of rotatable bonds is 8. The lowest BCUT2D eigenvalue weighted by molar-refractivity contribution is 0.102. The first-order chi connectivity index (χ1) is 14.1. The van der Waals surface area contributed by atoms with Crippen LogP contribution in [0.4, 0.5) is 5.13 Å². The van der Waals surface area contributed by atoms with E-state index in [-0.39, 0.29) is 5.91 Å². The van der Waals surface area contributed by atoms with E-state index in [1.165, 1.54) is 25.6 Å². The minimum atomic E-state index is -0.381. The second-order valence-corrected chi connectivity index (χ2v) is 6.92. The molecule has 0 bridgehead atoms. The standard InChI is InChI=1S/C20H21N3O5S/c1-25-13-9-8-12(10-16(13)28-4)11-17-22-23-20(29-17)21-19(24)18-14(26-2)6-5-7-15(18)27-3/h5-10H,11H2,1-4H3,(H,21,23,24). The van der Waals surface area contributed by atoms with Gasteiger partial charge in [-0.2, -0.15) is 0 Å². The Morgan fingerprint density at radius 2 is 1.55 bits per heavy atom. The van der Waals surface area contributed by atoms with Crippen molar-refractivity contribution in [2.75, 3.05) is 33.8 Å². The molecular weight excluding hydrogens is 394 g/mol. The molecule has 0 aliphatic rings. The maximum absolute atomic E-state index is 12.7. The molecule has 0 fully saturated rings. The summed E-state index contributed by atoms with van der Waals surface area (Å²) in [5, 5.41) is 12.1. The molecule has 1 heterocycles. The fourth-order valence-electron chi connectivity index (χ4n) is 2.78. The summed E-state index contributed by atoms with van der Waals surface area (Å²) in [6.45, 7) is 0. The molecule has 0 radical (unpaired) electrons. The van der Waals surface area contributed by atoms with Crippen molar-refractivity contribution in [3.63, 3.8) is 0 Å². The summed E-state index contributed by atoms with van der Waals surface area (Å²) >= 11 is 1.29. The van der Waals surface area contributed by atoms with Crippen molar-refractivity contribution in [1.29, 1.82) is 0 Å². The summed E-state index contributed by atoms with van der Waals surface area (Å²) in [4.78, 5) is 12.7. The van der Waals surface area contributed by atoms with Crippen LogP contribution in [0.2, 0.25) is 0 Å². The largest absolute Gasteiger partial charge is 0.496 e. The van der Waals surface area contributed by atoms with Gasteiger partial charge in [-0.1, -0.05) is 23.5 Å². The van der Waals surface area contributed by atoms with Crippen molar-refractivity contribution in [1.82, 2.24) is 10.2 Å². The van der Waals surface area contributed by atoms with Crippen molar-refractivity contribution in [2.24, 2.45) is 0 Å². The summed E-state index contributed by atoms with van der Waals surface area (Å²) < 4.78 is 21.1. The Kier molecular flexibility index (Phi) is 6.50. The highest BCUT2D eigenvalue weighted by molar-refractivity contribution is 7.15. The van der Waals surface area contributed by atoms with E-state index in [4.69, 9.17) is 18.9 Å². The lowest BCUT2D eigenvalue weighted by atomic mass is 10.1. The molecule has 152 valence electrons. The molecule has 29 heavy (non-hydrogen) atoms. The number of benzene rings is 2. The molecule has 3 rings (SSSR count). The molecule has 9 heteroatoms. The van der Waals surface area contributed by atoms with Crippen LogP contribution >= 0.6 is 11.3 Å². The van der Waals surface area contributed by atoms with Gasteiger partial charge in [0, 0.05) is 6.42 Å². The van der Waals surface area contributed by atoms with Gasteiger partial charge in [-0.15, -0.1) is 10.2 Å². The number of carbonyl (C=O) groups excluding carboxylic acids is 1. The second-order valence-electron chi connectivity index (χ2n) is 5.86. The van der Waals surface area contributed by atoms with Gasteiger partial charge in [0.1, 0.15) is 22.1 Å². The van der Waals surface area contributed by atoms with Gasteiger partial charge in [-0.25, -0.2) is 0 Å². The fraction of sp³-hybridized carbons (Fsp3) is 0.250. The van der Waals surface area contributed by atoms with Gasteiger partial charge in [0.25, 0.3) is 5.91 Å². The SMILES string of the molecule is COc1ccc(Cc2nnc(NC(=O)c3c(OC)cccc3OC)s2)cc1OC. The van der Waals surface area contributed by atoms with Crippen LogP contribution in [0.15, 0.2) is 36.4 Å². The Balaban J connectivity index is 1.75. The number of methoxy groups -OCH3 is 4. The zero-order chi connectivity index (χ0) is 20.8. The van der Waals surface area contributed by atoms with Gasteiger partial charge in [0.05, 0.1) is 28.4 Å². The first-order valence-corrected chi connectivity index (χ1v) is 9.46. The number of hydrogen-bond donors (Lipinski definition) is 1. The molecule has 1 aromatic heterocycles. The molecule has 0 saturated heterocycles. The summed E-state index contributed by atoms with van der Waals surface area (Å²) in [6.07, 6.45) is 0.547. The smallest absolute Gasteiger partial charge is 0.265 e. The molecule has 1 N–H and O–H groups in total. The molecule has 0 atom stereocenters. The van der Waals surface area contributed by atoms with Gasteiger partial charge in [0.15, 0.2) is 11.5 Å².